The molecule has 2 N–H and O–H groups in total. The molecule has 4 rings (SSSR count). The Bertz CT molecular complexity index is 1260. The monoisotopic (exact) mass is 441 g/mol. The SMILES string of the molecule is COc1ccc(-c2c(-c3ccnc(NC(=O)CCl)c3)[nH]c3cc(Cl)cnc23)nc1C. The summed E-state index contributed by atoms with van der Waals surface area (Å²) in [5, 5.41) is 3.18. The van der Waals surface area contributed by atoms with E-state index in [1.165, 1.54) is 0 Å². The number of methoxy groups -OCH3 is 1. The van der Waals surface area contributed by atoms with Gasteiger partial charge in [0.2, 0.25) is 5.91 Å². The van der Waals surface area contributed by atoms with Crippen LogP contribution < -0.4 is 10.1 Å². The molecule has 30 heavy (non-hydrogen) atoms. The molecule has 0 saturated heterocycles. The van der Waals surface area contributed by atoms with Crippen LogP contribution in [0.15, 0.2) is 42.7 Å². The number of anilines is 1. The Morgan fingerprint density at radius 3 is 2.80 bits per heavy atom. The molecule has 0 atom stereocenters. The van der Waals surface area contributed by atoms with Gasteiger partial charge in [-0.15, -0.1) is 11.6 Å². The van der Waals surface area contributed by atoms with Gasteiger partial charge in [-0.05, 0) is 37.3 Å². The van der Waals surface area contributed by atoms with E-state index in [0.717, 1.165) is 39.2 Å². The fourth-order valence-corrected chi connectivity index (χ4v) is 3.47. The van der Waals surface area contributed by atoms with Gasteiger partial charge in [0, 0.05) is 18.0 Å². The number of aromatic nitrogens is 4. The van der Waals surface area contributed by atoms with Crippen LogP contribution in [-0.2, 0) is 4.79 Å². The fraction of sp³-hybridized carbons (Fsp3) is 0.143. The van der Waals surface area contributed by atoms with Gasteiger partial charge in [0.05, 0.1) is 45.8 Å². The first-order chi connectivity index (χ1) is 14.5. The summed E-state index contributed by atoms with van der Waals surface area (Å²) in [6, 6.07) is 9.16. The second-order valence-corrected chi connectivity index (χ2v) is 7.22. The highest BCUT2D eigenvalue weighted by Gasteiger charge is 2.19. The quantitative estimate of drug-likeness (QED) is 0.432. The van der Waals surface area contributed by atoms with Crippen molar-refractivity contribution in [3.05, 3.63) is 53.4 Å². The Hall–Kier alpha value is -3.16. The molecule has 0 aliphatic heterocycles. The molecule has 0 fully saturated rings. The van der Waals surface area contributed by atoms with E-state index in [2.05, 4.69) is 20.3 Å². The first-order valence-corrected chi connectivity index (χ1v) is 9.93. The van der Waals surface area contributed by atoms with Crippen LogP contribution in [0.1, 0.15) is 5.69 Å². The summed E-state index contributed by atoms with van der Waals surface area (Å²) >= 11 is 11.7. The Kier molecular flexibility index (Phi) is 5.57. The highest BCUT2D eigenvalue weighted by atomic mass is 35.5. The summed E-state index contributed by atoms with van der Waals surface area (Å²) in [4.78, 5) is 28.5. The Morgan fingerprint density at radius 2 is 2.07 bits per heavy atom. The second-order valence-electron chi connectivity index (χ2n) is 6.52. The molecule has 4 aromatic heterocycles. The summed E-state index contributed by atoms with van der Waals surface area (Å²) < 4.78 is 5.34. The topological polar surface area (TPSA) is 92.8 Å². The molecule has 7 nitrogen and oxygen atoms in total. The number of alkyl halides is 1. The van der Waals surface area contributed by atoms with Crippen molar-refractivity contribution in [1.82, 2.24) is 19.9 Å². The fourth-order valence-electron chi connectivity index (χ4n) is 3.25. The Labute approximate surface area is 182 Å². The van der Waals surface area contributed by atoms with Gasteiger partial charge >= 0.3 is 0 Å². The number of rotatable bonds is 5. The Morgan fingerprint density at radius 1 is 1.23 bits per heavy atom. The molecule has 0 saturated carbocycles. The summed E-state index contributed by atoms with van der Waals surface area (Å²) in [5.74, 6) is 0.610. The minimum absolute atomic E-state index is 0.152. The summed E-state index contributed by atoms with van der Waals surface area (Å²) in [7, 11) is 1.61. The number of ether oxygens (including phenoxy) is 1. The minimum atomic E-state index is -0.334. The molecule has 0 aliphatic rings. The van der Waals surface area contributed by atoms with Crippen molar-refractivity contribution in [2.75, 3.05) is 18.3 Å². The van der Waals surface area contributed by atoms with E-state index in [9.17, 15) is 4.79 Å². The average Bonchev–Trinajstić information content (AvgIpc) is 3.12. The molecule has 0 unspecified atom stereocenters. The number of carbonyl (C=O) groups excluding carboxylic acids is 1. The van der Waals surface area contributed by atoms with Crippen LogP contribution in [0, 0.1) is 6.92 Å². The number of hydrogen-bond acceptors (Lipinski definition) is 5. The zero-order valence-electron chi connectivity index (χ0n) is 16.2. The number of aryl methyl sites for hydroxylation is 1. The zero-order chi connectivity index (χ0) is 21.3. The first kappa shape index (κ1) is 20.1. The van der Waals surface area contributed by atoms with Crippen molar-refractivity contribution in [1.29, 1.82) is 0 Å². The van der Waals surface area contributed by atoms with Crippen LogP contribution in [-0.4, -0.2) is 38.8 Å². The highest BCUT2D eigenvalue weighted by Crippen LogP contribution is 2.38. The van der Waals surface area contributed by atoms with Gasteiger partial charge in [0.25, 0.3) is 0 Å². The van der Waals surface area contributed by atoms with E-state index in [0.29, 0.717) is 16.6 Å². The van der Waals surface area contributed by atoms with Crippen LogP contribution in [0.3, 0.4) is 0 Å². The lowest BCUT2D eigenvalue weighted by Gasteiger charge is -2.09. The van der Waals surface area contributed by atoms with Gasteiger partial charge in [-0.2, -0.15) is 0 Å². The van der Waals surface area contributed by atoms with Gasteiger partial charge in [0.15, 0.2) is 0 Å². The van der Waals surface area contributed by atoms with Crippen LogP contribution >= 0.6 is 23.2 Å². The van der Waals surface area contributed by atoms with Gasteiger partial charge in [0.1, 0.15) is 17.4 Å². The summed E-state index contributed by atoms with van der Waals surface area (Å²) in [5.41, 5.74) is 5.38. The maximum atomic E-state index is 11.7. The lowest BCUT2D eigenvalue weighted by atomic mass is 10.0. The molecular formula is C21H17Cl2N5O2. The molecule has 1 amide bonds. The van der Waals surface area contributed by atoms with Crippen LogP contribution in [0.25, 0.3) is 33.5 Å². The van der Waals surface area contributed by atoms with E-state index in [1.54, 1.807) is 25.6 Å². The van der Waals surface area contributed by atoms with Gasteiger partial charge < -0.3 is 15.0 Å². The number of nitrogens with zero attached hydrogens (tertiary/aromatic N) is 3. The molecule has 152 valence electrons. The third-order valence-electron chi connectivity index (χ3n) is 4.55. The molecule has 0 radical (unpaired) electrons. The second kappa shape index (κ2) is 8.30. The molecule has 0 spiro atoms. The maximum absolute atomic E-state index is 11.7. The van der Waals surface area contributed by atoms with E-state index in [-0.39, 0.29) is 11.8 Å². The predicted octanol–water partition coefficient (Wildman–Crippen LogP) is 4.83. The van der Waals surface area contributed by atoms with E-state index < -0.39 is 0 Å². The van der Waals surface area contributed by atoms with Gasteiger partial charge in [-0.1, -0.05) is 11.6 Å². The van der Waals surface area contributed by atoms with Crippen molar-refractivity contribution >= 4 is 46.0 Å². The van der Waals surface area contributed by atoms with Crippen LogP contribution in [0.2, 0.25) is 5.02 Å². The van der Waals surface area contributed by atoms with Crippen molar-refractivity contribution in [2.45, 2.75) is 6.92 Å². The van der Waals surface area contributed by atoms with Crippen molar-refractivity contribution in [3.8, 4) is 28.3 Å². The van der Waals surface area contributed by atoms with E-state index >= 15 is 0 Å². The number of pyridine rings is 3. The Balaban J connectivity index is 1.92. The lowest BCUT2D eigenvalue weighted by molar-refractivity contribution is -0.113. The standard InChI is InChI=1S/C21H17Cl2N5O2/c1-11-16(30-2)4-3-14(26-11)19-20(27-15-8-13(23)10-25-21(15)19)12-5-6-24-17(7-12)28-18(29)9-22/h3-8,10,27H,9H2,1-2H3,(H,24,28,29). The molecule has 0 aliphatic carbocycles. The first-order valence-electron chi connectivity index (χ1n) is 9.01. The number of aromatic amines is 1. The van der Waals surface area contributed by atoms with Gasteiger partial charge in [-0.3, -0.25) is 9.78 Å². The van der Waals surface area contributed by atoms with Gasteiger partial charge in [-0.25, -0.2) is 9.97 Å². The zero-order valence-corrected chi connectivity index (χ0v) is 17.7. The predicted molar refractivity (Wildman–Crippen MR) is 118 cm³/mol. The van der Waals surface area contributed by atoms with Crippen LogP contribution in [0.5, 0.6) is 5.75 Å². The number of carbonyl (C=O) groups is 1. The molecule has 0 aromatic carbocycles. The summed E-state index contributed by atoms with van der Waals surface area (Å²) in [6.07, 6.45) is 3.21. The van der Waals surface area contributed by atoms with E-state index in [4.69, 9.17) is 32.9 Å². The van der Waals surface area contributed by atoms with Crippen molar-refractivity contribution in [3.63, 3.8) is 0 Å². The largest absolute Gasteiger partial charge is 0.495 e. The number of H-pyrrole nitrogens is 1. The molecule has 9 heteroatoms. The number of nitrogens with one attached hydrogen (secondary N) is 2. The third kappa shape index (κ3) is 3.81. The lowest BCUT2D eigenvalue weighted by Crippen LogP contribution is -2.13. The van der Waals surface area contributed by atoms with E-state index in [1.807, 2.05) is 31.2 Å². The van der Waals surface area contributed by atoms with Crippen molar-refractivity contribution in [2.24, 2.45) is 0 Å². The highest BCUT2D eigenvalue weighted by molar-refractivity contribution is 6.31. The number of fused-ring (bicyclic) bond motifs is 1. The summed E-state index contributed by atoms with van der Waals surface area (Å²) in [6.45, 7) is 1.88. The molecule has 0 bridgehead atoms. The average molecular weight is 442 g/mol. The van der Waals surface area contributed by atoms with Crippen molar-refractivity contribution < 1.29 is 9.53 Å². The number of hydrogen-bond donors (Lipinski definition) is 2. The molecular weight excluding hydrogens is 425 g/mol. The maximum Gasteiger partial charge on any atom is 0.240 e. The molecule has 4 aromatic rings. The van der Waals surface area contributed by atoms with Crippen LogP contribution in [0.4, 0.5) is 5.82 Å². The number of halogens is 2. The number of amides is 1. The third-order valence-corrected chi connectivity index (χ3v) is 5.00. The minimum Gasteiger partial charge on any atom is -0.495 e. The molecule has 4 heterocycles. The smallest absolute Gasteiger partial charge is 0.240 e. The normalized spacial score (nSPS) is 10.9.